The molecule has 0 aliphatic carbocycles. The molecule has 1 aromatic heterocycles. The fraction of sp³-hybridized carbons (Fsp3) is 0.381. The summed E-state index contributed by atoms with van der Waals surface area (Å²) in [6, 6.07) is 13.4. The van der Waals surface area contributed by atoms with E-state index in [0.29, 0.717) is 12.4 Å². The molecule has 0 spiro atoms. The summed E-state index contributed by atoms with van der Waals surface area (Å²) in [6.45, 7) is 6.84. The van der Waals surface area contributed by atoms with Crippen molar-refractivity contribution in [2.75, 3.05) is 25.5 Å². The summed E-state index contributed by atoms with van der Waals surface area (Å²) in [7, 11) is 1.76. The Kier molecular flexibility index (Phi) is 7.71. The Bertz CT molecular complexity index is 788. The molecule has 1 aromatic carbocycles. The lowest BCUT2D eigenvalue weighted by atomic mass is 10.0. The van der Waals surface area contributed by atoms with Crippen LogP contribution in [0, 0.1) is 0 Å². The standard InChI is InChI=1S/C21H27BrN4O2/c1-21(2,3)26(13-16-8-6-5-7-9-16)20(28)15-25(4)14-19(27)24-18-11-10-17(22)12-23-18/h5-12H,13-15H2,1-4H3,(H,23,24,27). The maximum Gasteiger partial charge on any atom is 0.239 e. The molecule has 0 saturated carbocycles. The summed E-state index contributed by atoms with van der Waals surface area (Å²) in [5.41, 5.74) is 0.754. The van der Waals surface area contributed by atoms with E-state index in [0.717, 1.165) is 10.0 Å². The first-order valence-electron chi connectivity index (χ1n) is 9.09. The van der Waals surface area contributed by atoms with Gasteiger partial charge in [0, 0.05) is 22.8 Å². The van der Waals surface area contributed by atoms with Crippen LogP contribution in [0.4, 0.5) is 5.82 Å². The molecule has 0 aliphatic heterocycles. The lowest BCUT2D eigenvalue weighted by Gasteiger charge is -2.37. The van der Waals surface area contributed by atoms with Crippen LogP contribution in [0.25, 0.3) is 0 Å². The van der Waals surface area contributed by atoms with Crippen LogP contribution in [0.2, 0.25) is 0 Å². The van der Waals surface area contributed by atoms with Gasteiger partial charge in [0.25, 0.3) is 0 Å². The maximum absolute atomic E-state index is 12.9. The lowest BCUT2D eigenvalue weighted by Crippen LogP contribution is -2.49. The van der Waals surface area contributed by atoms with E-state index in [2.05, 4.69) is 26.2 Å². The first-order chi connectivity index (χ1) is 13.1. The number of benzene rings is 1. The molecule has 0 aliphatic rings. The predicted molar refractivity (Wildman–Crippen MR) is 115 cm³/mol. The van der Waals surface area contributed by atoms with Crippen molar-refractivity contribution in [3.8, 4) is 0 Å². The van der Waals surface area contributed by atoms with Crippen LogP contribution in [-0.4, -0.2) is 52.3 Å². The van der Waals surface area contributed by atoms with Gasteiger partial charge in [-0.3, -0.25) is 14.5 Å². The number of rotatable bonds is 7. The van der Waals surface area contributed by atoms with Gasteiger partial charge in [0.1, 0.15) is 5.82 Å². The summed E-state index contributed by atoms with van der Waals surface area (Å²) in [5.74, 6) is 0.247. The summed E-state index contributed by atoms with van der Waals surface area (Å²) >= 11 is 3.31. The third-order valence-electron chi connectivity index (χ3n) is 4.11. The molecule has 6 nitrogen and oxygen atoms in total. The second-order valence-corrected chi connectivity index (χ2v) is 8.63. The molecule has 7 heteroatoms. The van der Waals surface area contributed by atoms with Gasteiger partial charge >= 0.3 is 0 Å². The zero-order valence-corrected chi connectivity index (χ0v) is 18.4. The zero-order chi connectivity index (χ0) is 20.7. The van der Waals surface area contributed by atoms with E-state index in [1.807, 2.05) is 56.0 Å². The number of halogens is 1. The number of aromatic nitrogens is 1. The normalized spacial score (nSPS) is 11.4. The predicted octanol–water partition coefficient (Wildman–Crippen LogP) is 3.54. The van der Waals surface area contributed by atoms with Crippen molar-refractivity contribution in [3.05, 3.63) is 58.7 Å². The molecule has 0 saturated heterocycles. The van der Waals surface area contributed by atoms with Gasteiger partial charge in [-0.15, -0.1) is 0 Å². The van der Waals surface area contributed by atoms with Gasteiger partial charge in [-0.25, -0.2) is 4.98 Å². The second-order valence-electron chi connectivity index (χ2n) is 7.72. The van der Waals surface area contributed by atoms with Crippen LogP contribution >= 0.6 is 15.9 Å². The van der Waals surface area contributed by atoms with Crippen LogP contribution in [0.3, 0.4) is 0 Å². The number of pyridine rings is 1. The molecular weight excluding hydrogens is 420 g/mol. The molecule has 0 atom stereocenters. The summed E-state index contributed by atoms with van der Waals surface area (Å²) in [4.78, 5) is 32.8. The van der Waals surface area contributed by atoms with Gasteiger partial charge in [0.15, 0.2) is 0 Å². The highest BCUT2D eigenvalue weighted by Crippen LogP contribution is 2.18. The summed E-state index contributed by atoms with van der Waals surface area (Å²) in [6.07, 6.45) is 1.62. The van der Waals surface area contributed by atoms with Gasteiger partial charge in [-0.1, -0.05) is 30.3 Å². The van der Waals surface area contributed by atoms with Crippen LogP contribution in [0.1, 0.15) is 26.3 Å². The van der Waals surface area contributed by atoms with E-state index in [-0.39, 0.29) is 30.4 Å². The number of anilines is 1. The first kappa shape index (κ1) is 22.0. The minimum Gasteiger partial charge on any atom is -0.332 e. The number of nitrogens with one attached hydrogen (secondary N) is 1. The molecule has 28 heavy (non-hydrogen) atoms. The highest BCUT2D eigenvalue weighted by Gasteiger charge is 2.27. The minimum absolute atomic E-state index is 0.0200. The Balaban J connectivity index is 1.94. The second kappa shape index (κ2) is 9.80. The Labute approximate surface area is 175 Å². The van der Waals surface area contributed by atoms with Crippen molar-refractivity contribution in [2.45, 2.75) is 32.9 Å². The van der Waals surface area contributed by atoms with E-state index >= 15 is 0 Å². The molecule has 1 N–H and O–H groups in total. The Hall–Kier alpha value is -2.25. The fourth-order valence-corrected chi connectivity index (χ4v) is 2.95. The number of hydrogen-bond acceptors (Lipinski definition) is 4. The number of carbonyl (C=O) groups excluding carboxylic acids is 2. The third-order valence-corrected chi connectivity index (χ3v) is 4.58. The van der Waals surface area contributed by atoms with Crippen molar-refractivity contribution in [1.29, 1.82) is 0 Å². The Morgan fingerprint density at radius 1 is 1.07 bits per heavy atom. The largest absolute Gasteiger partial charge is 0.332 e. The quantitative estimate of drug-likeness (QED) is 0.705. The topological polar surface area (TPSA) is 65.5 Å². The van der Waals surface area contributed by atoms with Crippen molar-refractivity contribution in [2.24, 2.45) is 0 Å². The average molecular weight is 447 g/mol. The molecule has 1 heterocycles. The van der Waals surface area contributed by atoms with Gasteiger partial charge in [-0.05, 0) is 61.4 Å². The molecule has 0 unspecified atom stereocenters. The van der Waals surface area contributed by atoms with Crippen molar-refractivity contribution in [3.63, 3.8) is 0 Å². The summed E-state index contributed by atoms with van der Waals surface area (Å²) < 4.78 is 0.842. The third kappa shape index (κ3) is 7.05. The van der Waals surface area contributed by atoms with E-state index in [1.54, 1.807) is 30.3 Å². The maximum atomic E-state index is 12.9. The minimum atomic E-state index is -0.322. The van der Waals surface area contributed by atoms with Gasteiger partial charge < -0.3 is 10.2 Å². The number of carbonyl (C=O) groups is 2. The molecule has 0 radical (unpaired) electrons. The molecule has 2 aromatic rings. The molecule has 0 fully saturated rings. The van der Waals surface area contributed by atoms with Gasteiger partial charge in [-0.2, -0.15) is 0 Å². The Morgan fingerprint density at radius 3 is 2.32 bits per heavy atom. The number of nitrogens with zero attached hydrogens (tertiary/aromatic N) is 3. The summed E-state index contributed by atoms with van der Waals surface area (Å²) in [5, 5.41) is 2.74. The Morgan fingerprint density at radius 2 is 1.75 bits per heavy atom. The van der Waals surface area contributed by atoms with E-state index < -0.39 is 0 Å². The van der Waals surface area contributed by atoms with E-state index in [1.165, 1.54) is 0 Å². The molecule has 2 amide bonds. The molecular formula is C21H27BrN4O2. The number of hydrogen-bond donors (Lipinski definition) is 1. The lowest BCUT2D eigenvalue weighted by molar-refractivity contribution is -0.137. The highest BCUT2D eigenvalue weighted by molar-refractivity contribution is 9.10. The molecule has 2 rings (SSSR count). The molecule has 150 valence electrons. The van der Waals surface area contributed by atoms with Crippen LogP contribution < -0.4 is 5.32 Å². The first-order valence-corrected chi connectivity index (χ1v) is 9.89. The number of amides is 2. The van der Waals surface area contributed by atoms with Gasteiger partial charge in [0.2, 0.25) is 11.8 Å². The van der Waals surface area contributed by atoms with Crippen molar-refractivity contribution in [1.82, 2.24) is 14.8 Å². The van der Waals surface area contributed by atoms with Gasteiger partial charge in [0.05, 0.1) is 13.1 Å². The molecule has 0 bridgehead atoms. The van der Waals surface area contributed by atoms with E-state index in [9.17, 15) is 9.59 Å². The van der Waals surface area contributed by atoms with E-state index in [4.69, 9.17) is 0 Å². The highest BCUT2D eigenvalue weighted by atomic mass is 79.9. The van der Waals surface area contributed by atoms with Crippen LogP contribution in [0.15, 0.2) is 53.1 Å². The van der Waals surface area contributed by atoms with Crippen LogP contribution in [0.5, 0.6) is 0 Å². The van der Waals surface area contributed by atoms with Crippen molar-refractivity contribution < 1.29 is 9.59 Å². The number of likely N-dealkylation sites (N-methyl/N-ethyl adjacent to an activating group) is 1. The average Bonchev–Trinajstić information content (AvgIpc) is 2.61. The fourth-order valence-electron chi connectivity index (χ4n) is 2.71. The SMILES string of the molecule is CN(CC(=O)Nc1ccc(Br)cn1)CC(=O)N(Cc1ccccc1)C(C)(C)C. The smallest absolute Gasteiger partial charge is 0.239 e. The van der Waals surface area contributed by atoms with Crippen LogP contribution in [-0.2, 0) is 16.1 Å². The van der Waals surface area contributed by atoms with Crippen molar-refractivity contribution >= 4 is 33.6 Å². The monoisotopic (exact) mass is 446 g/mol. The zero-order valence-electron chi connectivity index (χ0n) is 16.8.